The van der Waals surface area contributed by atoms with E-state index in [0.717, 1.165) is 25.8 Å². The lowest BCUT2D eigenvalue weighted by atomic mass is 9.76. The molecule has 0 heterocycles. The molecule has 1 aromatic rings. The maximum absolute atomic E-state index is 3.82. The van der Waals surface area contributed by atoms with Crippen LogP contribution in [0.15, 0.2) is 126 Å². The van der Waals surface area contributed by atoms with Crippen molar-refractivity contribution in [3.8, 4) is 0 Å². The smallest absolute Gasteiger partial charge is 0.0515 e. The fourth-order valence-electron chi connectivity index (χ4n) is 5.01. The van der Waals surface area contributed by atoms with E-state index in [9.17, 15) is 0 Å². The molecule has 0 spiro atoms. The minimum absolute atomic E-state index is 0.312. The van der Waals surface area contributed by atoms with E-state index >= 15 is 0 Å². The molecule has 2 N–H and O–H groups in total. The van der Waals surface area contributed by atoms with Gasteiger partial charge in [0.15, 0.2) is 0 Å². The van der Waals surface area contributed by atoms with Crippen molar-refractivity contribution in [1.82, 2.24) is 10.6 Å². The largest absolute Gasteiger partial charge is 0.384 e. The fourth-order valence-corrected chi connectivity index (χ4v) is 5.01. The van der Waals surface area contributed by atoms with E-state index in [1.54, 1.807) is 0 Å². The molecule has 0 saturated heterocycles. The van der Waals surface area contributed by atoms with Gasteiger partial charge in [-0.3, -0.25) is 0 Å². The molecule has 0 saturated carbocycles. The van der Waals surface area contributed by atoms with Gasteiger partial charge in [-0.2, -0.15) is 0 Å². The average Bonchev–Trinajstić information content (AvgIpc) is 3.32. The van der Waals surface area contributed by atoms with Gasteiger partial charge in [0.1, 0.15) is 0 Å². The Morgan fingerprint density at radius 2 is 1.75 bits per heavy atom. The number of hydrogen-bond donors (Lipinski definition) is 2. The standard InChI is InChI=1S/C30H32N2/c1-3-10-23(11-4-1)22-31-27-18-19-28(21-27)32-30-17-8-7-16-29(30)26-15-9-14-25(20-26)24-12-5-2-6-13-24/h1-12,14,16-17,19-21,24,26,29-32H,13,15,18,22H2. The van der Waals surface area contributed by atoms with E-state index in [1.165, 1.54) is 22.5 Å². The minimum atomic E-state index is 0.312. The minimum Gasteiger partial charge on any atom is -0.384 e. The number of rotatable bonds is 7. The summed E-state index contributed by atoms with van der Waals surface area (Å²) in [5.41, 5.74) is 5.29. The number of nitrogens with one attached hydrogen (secondary N) is 2. The molecule has 0 radical (unpaired) electrons. The first kappa shape index (κ1) is 20.6. The third-order valence-corrected chi connectivity index (χ3v) is 6.77. The molecule has 2 heteroatoms. The number of benzene rings is 1. The third kappa shape index (κ3) is 4.96. The van der Waals surface area contributed by atoms with Crippen molar-refractivity contribution in [3.05, 3.63) is 132 Å². The van der Waals surface area contributed by atoms with Crippen molar-refractivity contribution in [2.75, 3.05) is 0 Å². The van der Waals surface area contributed by atoms with Gasteiger partial charge < -0.3 is 10.6 Å². The van der Waals surface area contributed by atoms with Crippen LogP contribution in [0.25, 0.3) is 0 Å². The molecule has 5 rings (SSSR count). The van der Waals surface area contributed by atoms with Crippen LogP contribution in [0.4, 0.5) is 0 Å². The first-order valence-electron chi connectivity index (χ1n) is 11.9. The second-order valence-electron chi connectivity index (χ2n) is 9.01. The summed E-state index contributed by atoms with van der Waals surface area (Å²) < 4.78 is 0. The summed E-state index contributed by atoms with van der Waals surface area (Å²) in [4.78, 5) is 0. The summed E-state index contributed by atoms with van der Waals surface area (Å²) in [6.45, 7) is 0.870. The van der Waals surface area contributed by atoms with Gasteiger partial charge in [-0.05, 0) is 36.0 Å². The molecule has 0 amide bonds. The Morgan fingerprint density at radius 1 is 0.875 bits per heavy atom. The van der Waals surface area contributed by atoms with Crippen LogP contribution in [0.1, 0.15) is 24.8 Å². The Morgan fingerprint density at radius 3 is 2.62 bits per heavy atom. The number of hydrogen-bond acceptors (Lipinski definition) is 2. The van der Waals surface area contributed by atoms with Gasteiger partial charge in [-0.1, -0.05) is 103 Å². The highest BCUT2D eigenvalue weighted by Gasteiger charge is 2.28. The average molecular weight is 421 g/mol. The van der Waals surface area contributed by atoms with Crippen LogP contribution in [0.2, 0.25) is 0 Å². The molecular weight excluding hydrogens is 388 g/mol. The Bertz CT molecular complexity index is 1050. The molecule has 0 bridgehead atoms. The molecule has 4 aliphatic carbocycles. The summed E-state index contributed by atoms with van der Waals surface area (Å²) in [5, 5.41) is 7.40. The van der Waals surface area contributed by atoms with Crippen LogP contribution in [0, 0.1) is 17.8 Å². The molecule has 4 unspecified atom stereocenters. The molecule has 0 fully saturated rings. The molecular formula is C30H32N2. The zero-order valence-corrected chi connectivity index (χ0v) is 18.5. The fraction of sp³-hybridized carbons (Fsp3) is 0.267. The summed E-state index contributed by atoms with van der Waals surface area (Å²) in [6, 6.07) is 10.9. The Balaban J connectivity index is 1.22. The van der Waals surface area contributed by atoms with E-state index in [0.29, 0.717) is 23.8 Å². The molecule has 2 nitrogen and oxygen atoms in total. The summed E-state index contributed by atoms with van der Waals surface area (Å²) in [5.74, 6) is 1.50. The van der Waals surface area contributed by atoms with Gasteiger partial charge in [0, 0.05) is 36.2 Å². The highest BCUT2D eigenvalue weighted by atomic mass is 15.0. The molecule has 4 aliphatic rings. The Kier molecular flexibility index (Phi) is 6.39. The predicted molar refractivity (Wildman–Crippen MR) is 134 cm³/mol. The van der Waals surface area contributed by atoms with Crippen LogP contribution >= 0.6 is 0 Å². The van der Waals surface area contributed by atoms with Gasteiger partial charge in [0.2, 0.25) is 0 Å². The highest BCUT2D eigenvalue weighted by Crippen LogP contribution is 2.34. The van der Waals surface area contributed by atoms with Gasteiger partial charge >= 0.3 is 0 Å². The van der Waals surface area contributed by atoms with Crippen molar-refractivity contribution in [2.24, 2.45) is 17.8 Å². The maximum atomic E-state index is 3.82. The monoisotopic (exact) mass is 420 g/mol. The van der Waals surface area contributed by atoms with Crippen molar-refractivity contribution in [3.63, 3.8) is 0 Å². The van der Waals surface area contributed by atoms with Crippen molar-refractivity contribution in [2.45, 2.75) is 31.8 Å². The van der Waals surface area contributed by atoms with Crippen molar-refractivity contribution >= 4 is 0 Å². The second kappa shape index (κ2) is 9.91. The van der Waals surface area contributed by atoms with E-state index in [2.05, 4.69) is 120 Å². The van der Waals surface area contributed by atoms with Crippen LogP contribution in [0.5, 0.6) is 0 Å². The Hall–Kier alpha value is -3.26. The second-order valence-corrected chi connectivity index (χ2v) is 9.01. The quantitative estimate of drug-likeness (QED) is 0.542. The zero-order chi connectivity index (χ0) is 21.6. The van der Waals surface area contributed by atoms with E-state index in [4.69, 9.17) is 0 Å². The van der Waals surface area contributed by atoms with Crippen LogP contribution in [0.3, 0.4) is 0 Å². The van der Waals surface area contributed by atoms with E-state index < -0.39 is 0 Å². The van der Waals surface area contributed by atoms with Crippen LogP contribution < -0.4 is 10.6 Å². The van der Waals surface area contributed by atoms with E-state index in [1.807, 2.05) is 0 Å². The summed E-state index contributed by atoms with van der Waals surface area (Å²) in [6.07, 6.45) is 33.0. The molecule has 162 valence electrons. The summed E-state index contributed by atoms with van der Waals surface area (Å²) in [7, 11) is 0. The number of allylic oxidation sites excluding steroid dienone is 12. The lowest BCUT2D eigenvalue weighted by molar-refractivity contribution is 0.397. The molecule has 4 atom stereocenters. The normalized spacial score (nSPS) is 28.3. The topological polar surface area (TPSA) is 24.1 Å². The predicted octanol–water partition coefficient (Wildman–Crippen LogP) is 6.28. The van der Waals surface area contributed by atoms with Crippen molar-refractivity contribution < 1.29 is 0 Å². The van der Waals surface area contributed by atoms with Crippen molar-refractivity contribution in [1.29, 1.82) is 0 Å². The molecule has 1 aromatic carbocycles. The van der Waals surface area contributed by atoms with E-state index in [-0.39, 0.29) is 0 Å². The lowest BCUT2D eigenvalue weighted by Crippen LogP contribution is -2.37. The maximum Gasteiger partial charge on any atom is 0.0515 e. The molecule has 0 aromatic heterocycles. The first-order chi connectivity index (χ1) is 15.8. The molecule has 0 aliphatic heterocycles. The van der Waals surface area contributed by atoms with Gasteiger partial charge in [0.25, 0.3) is 0 Å². The van der Waals surface area contributed by atoms with Crippen LogP contribution in [-0.4, -0.2) is 6.04 Å². The van der Waals surface area contributed by atoms with Gasteiger partial charge in [0.05, 0.1) is 6.04 Å². The molecule has 32 heavy (non-hydrogen) atoms. The lowest BCUT2D eigenvalue weighted by Gasteiger charge is -2.33. The highest BCUT2D eigenvalue weighted by molar-refractivity contribution is 5.36. The Labute approximate surface area is 192 Å². The van der Waals surface area contributed by atoms with Gasteiger partial charge in [-0.15, -0.1) is 0 Å². The summed E-state index contributed by atoms with van der Waals surface area (Å²) >= 11 is 0. The zero-order valence-electron chi connectivity index (χ0n) is 18.5. The van der Waals surface area contributed by atoms with Gasteiger partial charge in [-0.25, -0.2) is 0 Å². The van der Waals surface area contributed by atoms with Crippen LogP contribution in [-0.2, 0) is 6.54 Å². The first-order valence-corrected chi connectivity index (χ1v) is 11.9. The SMILES string of the molecule is C1=CCC(C2=CC(C3C=CC=CC3NC3=CCC(NCc4ccccc4)=C3)CC=C2)C=C1. The third-order valence-electron chi connectivity index (χ3n) is 6.77.